The highest BCUT2D eigenvalue weighted by Crippen LogP contribution is 2.15. The number of anilines is 2. The monoisotopic (exact) mass is 572 g/mol. The number of rotatable bonds is 10. The van der Waals surface area contributed by atoms with Crippen molar-refractivity contribution in [1.29, 1.82) is 5.26 Å². The number of carbonyl (C=O) groups is 2. The third-order valence-electron chi connectivity index (χ3n) is 5.45. The summed E-state index contributed by atoms with van der Waals surface area (Å²) < 4.78 is 38.7. The number of likely N-dealkylation sites (N-methyl/N-ethyl adjacent to an activating group) is 1. The average molecular weight is 573 g/mol. The molecule has 40 heavy (non-hydrogen) atoms. The van der Waals surface area contributed by atoms with Crippen molar-refractivity contribution in [3.63, 3.8) is 0 Å². The maximum Gasteiger partial charge on any atom is 0.405 e. The maximum atomic E-state index is 12.9. The molecule has 3 rings (SSSR count). The molecule has 3 aromatic rings. The first-order valence-corrected chi connectivity index (χ1v) is 12.9. The number of nitriles is 1. The lowest BCUT2D eigenvalue weighted by Gasteiger charge is -2.16. The molecule has 0 spiro atoms. The second-order valence-corrected chi connectivity index (χ2v) is 9.71. The van der Waals surface area contributed by atoms with Crippen LogP contribution in [0.5, 0.6) is 0 Å². The highest BCUT2D eigenvalue weighted by atomic mass is 32.1. The minimum Gasteiger partial charge on any atom is -0.360 e. The van der Waals surface area contributed by atoms with Crippen LogP contribution >= 0.6 is 11.3 Å². The summed E-state index contributed by atoms with van der Waals surface area (Å²) in [6.07, 6.45) is -3.27. The van der Waals surface area contributed by atoms with Crippen molar-refractivity contribution < 1.29 is 22.8 Å². The zero-order valence-corrected chi connectivity index (χ0v) is 22.5. The van der Waals surface area contributed by atoms with Gasteiger partial charge in [0.1, 0.15) is 21.8 Å². The molecule has 0 radical (unpaired) electrons. The number of nitrogens with one attached hydrogen (secondary N) is 3. The summed E-state index contributed by atoms with van der Waals surface area (Å²) in [5.41, 5.74) is 1.04. The molecule has 2 amide bonds. The Labute approximate surface area is 231 Å². The van der Waals surface area contributed by atoms with Gasteiger partial charge in [-0.2, -0.15) is 18.4 Å². The lowest BCUT2D eigenvalue weighted by molar-refractivity contribution is -0.135. The molecule has 1 heterocycles. The van der Waals surface area contributed by atoms with Gasteiger partial charge in [-0.05, 0) is 37.7 Å². The van der Waals surface area contributed by atoms with E-state index in [2.05, 4.69) is 10.6 Å². The summed E-state index contributed by atoms with van der Waals surface area (Å²) in [7, 11) is 1.84. The van der Waals surface area contributed by atoms with Crippen LogP contribution in [0, 0.1) is 11.3 Å². The fourth-order valence-corrected chi connectivity index (χ4v) is 4.78. The van der Waals surface area contributed by atoms with Crippen molar-refractivity contribution in [3.8, 4) is 6.07 Å². The number of hydrogen-bond acceptors (Lipinski definition) is 7. The standard InChI is InChI=1S/C27H27F3N6O3S/c1-3-36-25(39)22(40-26(36)21(13-31)24(38)33-17-27(28,29)30)14-32-19-10-7-11-20(12-19)34-23(37)16-35(2)15-18-8-5-4-6-9-18/h4-12,14,32H,3,15-17H2,1-2H3,(H,33,38)(H,34,37)/b22-14+,26-21-. The van der Waals surface area contributed by atoms with Crippen molar-refractivity contribution in [3.05, 3.63) is 79.7 Å². The summed E-state index contributed by atoms with van der Waals surface area (Å²) >= 11 is 0.802. The average Bonchev–Trinajstić information content (AvgIpc) is 3.21. The van der Waals surface area contributed by atoms with E-state index in [-0.39, 0.29) is 28.2 Å². The molecule has 2 aromatic carbocycles. The lowest BCUT2D eigenvalue weighted by atomic mass is 10.2. The quantitative estimate of drug-likeness (QED) is 0.343. The van der Waals surface area contributed by atoms with Crippen LogP contribution in [0.2, 0.25) is 0 Å². The summed E-state index contributed by atoms with van der Waals surface area (Å²) in [5, 5.41) is 16.9. The van der Waals surface area contributed by atoms with E-state index < -0.39 is 29.8 Å². The fourth-order valence-electron chi connectivity index (χ4n) is 3.69. The third kappa shape index (κ3) is 8.55. The van der Waals surface area contributed by atoms with Gasteiger partial charge in [0.15, 0.2) is 5.57 Å². The Morgan fingerprint density at radius 3 is 2.48 bits per heavy atom. The molecule has 0 saturated carbocycles. The zero-order valence-electron chi connectivity index (χ0n) is 21.7. The van der Waals surface area contributed by atoms with Gasteiger partial charge in [0.2, 0.25) is 5.91 Å². The van der Waals surface area contributed by atoms with Crippen molar-refractivity contribution in [2.75, 3.05) is 30.8 Å². The van der Waals surface area contributed by atoms with Crippen molar-refractivity contribution in [2.45, 2.75) is 26.2 Å². The van der Waals surface area contributed by atoms with Gasteiger partial charge in [0, 0.05) is 30.7 Å². The predicted molar refractivity (Wildman–Crippen MR) is 148 cm³/mol. The van der Waals surface area contributed by atoms with Crippen LogP contribution < -0.4 is 30.7 Å². The molecule has 1 aromatic heterocycles. The van der Waals surface area contributed by atoms with Crippen LogP contribution in [-0.2, 0) is 22.7 Å². The van der Waals surface area contributed by atoms with E-state index in [0.29, 0.717) is 17.9 Å². The fraction of sp³-hybridized carbons (Fsp3) is 0.259. The van der Waals surface area contributed by atoms with Crippen LogP contribution in [0.3, 0.4) is 0 Å². The van der Waals surface area contributed by atoms with Crippen LogP contribution in [-0.4, -0.2) is 47.6 Å². The first kappa shape index (κ1) is 30.1. The number of thiazole rings is 1. The number of carbonyl (C=O) groups excluding carboxylic acids is 2. The number of hydrogen-bond donors (Lipinski definition) is 3. The molecule has 3 N–H and O–H groups in total. The van der Waals surface area contributed by atoms with E-state index >= 15 is 0 Å². The van der Waals surface area contributed by atoms with Gasteiger partial charge >= 0.3 is 6.18 Å². The van der Waals surface area contributed by atoms with Gasteiger partial charge in [-0.3, -0.25) is 23.9 Å². The Hall–Kier alpha value is -4.41. The molecule has 0 unspecified atom stereocenters. The van der Waals surface area contributed by atoms with E-state index in [1.807, 2.05) is 42.3 Å². The minimum atomic E-state index is -4.65. The molecular formula is C27H27F3N6O3S. The van der Waals surface area contributed by atoms with Crippen LogP contribution in [0.15, 0.2) is 59.4 Å². The summed E-state index contributed by atoms with van der Waals surface area (Å²) in [6.45, 7) is 0.881. The van der Waals surface area contributed by atoms with Gasteiger partial charge in [-0.1, -0.05) is 36.4 Å². The van der Waals surface area contributed by atoms with Gasteiger partial charge in [-0.15, -0.1) is 11.3 Å². The number of halogens is 3. The Balaban J connectivity index is 1.75. The summed E-state index contributed by atoms with van der Waals surface area (Å²) in [5.74, 6) is -1.43. The largest absolute Gasteiger partial charge is 0.405 e. The van der Waals surface area contributed by atoms with Gasteiger partial charge in [0.05, 0.1) is 6.54 Å². The number of amides is 2. The van der Waals surface area contributed by atoms with E-state index in [0.717, 1.165) is 21.5 Å². The topological polar surface area (TPSA) is 119 Å². The van der Waals surface area contributed by atoms with Crippen LogP contribution in [0.4, 0.5) is 24.5 Å². The predicted octanol–water partition coefficient (Wildman–Crippen LogP) is 2.20. The molecule has 0 bridgehead atoms. The third-order valence-corrected chi connectivity index (χ3v) is 6.58. The zero-order chi connectivity index (χ0) is 29.3. The molecule has 9 nitrogen and oxygen atoms in total. The van der Waals surface area contributed by atoms with Gasteiger partial charge in [0.25, 0.3) is 11.5 Å². The second-order valence-electron chi connectivity index (χ2n) is 8.68. The first-order valence-electron chi connectivity index (χ1n) is 12.1. The van der Waals surface area contributed by atoms with E-state index in [1.165, 1.54) is 6.20 Å². The molecule has 0 aliphatic carbocycles. The molecule has 13 heteroatoms. The lowest BCUT2D eigenvalue weighted by Crippen LogP contribution is -2.37. The van der Waals surface area contributed by atoms with Crippen molar-refractivity contribution in [2.24, 2.45) is 0 Å². The SMILES string of the molecule is CCn1c(=O)/c(=C\Nc2cccc(NC(=O)CN(C)Cc3ccccc3)c2)s/c1=C(/C#N)C(=O)NCC(F)(F)F. The highest BCUT2D eigenvalue weighted by molar-refractivity contribution is 7.07. The number of benzene rings is 2. The molecule has 0 aliphatic rings. The Kier molecular flexibility index (Phi) is 10.2. The van der Waals surface area contributed by atoms with Gasteiger partial charge < -0.3 is 16.0 Å². The van der Waals surface area contributed by atoms with E-state index in [9.17, 15) is 32.8 Å². The number of alkyl halides is 3. The van der Waals surface area contributed by atoms with E-state index in [4.69, 9.17) is 0 Å². The van der Waals surface area contributed by atoms with Crippen LogP contribution in [0.25, 0.3) is 11.8 Å². The Bertz CT molecular complexity index is 1580. The molecule has 0 atom stereocenters. The summed E-state index contributed by atoms with van der Waals surface area (Å²) in [6, 6.07) is 18.1. The number of nitrogens with zero attached hydrogens (tertiary/aromatic N) is 3. The normalized spacial score (nSPS) is 12.6. The van der Waals surface area contributed by atoms with Gasteiger partial charge in [-0.25, -0.2) is 0 Å². The first-order chi connectivity index (χ1) is 19.0. The van der Waals surface area contributed by atoms with Crippen molar-refractivity contribution >= 4 is 46.3 Å². The molecular weight excluding hydrogens is 545 g/mol. The highest BCUT2D eigenvalue weighted by Gasteiger charge is 2.28. The van der Waals surface area contributed by atoms with Crippen molar-refractivity contribution in [1.82, 2.24) is 14.8 Å². The number of aromatic nitrogens is 1. The maximum absolute atomic E-state index is 12.9. The smallest absolute Gasteiger partial charge is 0.360 e. The molecule has 0 aliphatic heterocycles. The summed E-state index contributed by atoms with van der Waals surface area (Å²) in [4.78, 5) is 39.5. The Morgan fingerprint density at radius 1 is 1.12 bits per heavy atom. The van der Waals surface area contributed by atoms with Crippen LogP contribution in [0.1, 0.15) is 12.5 Å². The second kappa shape index (κ2) is 13.6. The molecule has 0 fully saturated rings. The Morgan fingerprint density at radius 2 is 1.82 bits per heavy atom. The molecule has 0 saturated heterocycles. The molecule has 210 valence electrons. The van der Waals surface area contributed by atoms with E-state index in [1.54, 1.807) is 42.6 Å². The minimum absolute atomic E-state index is 0.0524.